The SMILES string of the molecule is O=C(Cc1ccccc1)Nc1ccn([C@H]2C[C@H](O)[C@@H](CO)O2)c(=O)n1. The first-order chi connectivity index (χ1) is 12.1. The van der Waals surface area contributed by atoms with Crippen molar-refractivity contribution in [1.82, 2.24) is 9.55 Å². The van der Waals surface area contributed by atoms with Gasteiger partial charge in [-0.3, -0.25) is 9.36 Å². The number of nitrogens with zero attached hydrogens (tertiary/aromatic N) is 2. The first-order valence-corrected chi connectivity index (χ1v) is 7.94. The molecule has 0 saturated carbocycles. The van der Waals surface area contributed by atoms with Crippen molar-refractivity contribution in [3.05, 3.63) is 58.6 Å². The van der Waals surface area contributed by atoms with E-state index in [9.17, 15) is 14.7 Å². The Balaban J connectivity index is 1.66. The van der Waals surface area contributed by atoms with Gasteiger partial charge in [-0.2, -0.15) is 4.98 Å². The quantitative estimate of drug-likeness (QED) is 0.706. The summed E-state index contributed by atoms with van der Waals surface area (Å²) in [7, 11) is 0. The van der Waals surface area contributed by atoms with Crippen molar-refractivity contribution in [1.29, 1.82) is 0 Å². The molecular weight excluding hydrogens is 326 g/mol. The zero-order valence-corrected chi connectivity index (χ0v) is 13.4. The van der Waals surface area contributed by atoms with Gasteiger partial charge in [0.15, 0.2) is 0 Å². The van der Waals surface area contributed by atoms with Crippen LogP contribution < -0.4 is 11.0 Å². The summed E-state index contributed by atoms with van der Waals surface area (Å²) in [6.07, 6.45) is -0.436. The fourth-order valence-corrected chi connectivity index (χ4v) is 2.72. The Morgan fingerprint density at radius 2 is 2.08 bits per heavy atom. The molecule has 132 valence electrons. The highest BCUT2D eigenvalue weighted by atomic mass is 16.5. The van der Waals surface area contributed by atoms with Gasteiger partial charge in [-0.15, -0.1) is 0 Å². The van der Waals surface area contributed by atoms with E-state index in [1.54, 1.807) is 0 Å². The van der Waals surface area contributed by atoms with E-state index in [1.165, 1.54) is 16.8 Å². The highest BCUT2D eigenvalue weighted by Crippen LogP contribution is 2.27. The van der Waals surface area contributed by atoms with E-state index >= 15 is 0 Å². The van der Waals surface area contributed by atoms with Crippen molar-refractivity contribution in [3.63, 3.8) is 0 Å². The Labute approximate surface area is 143 Å². The lowest BCUT2D eigenvalue weighted by Gasteiger charge is -2.14. The molecule has 8 nitrogen and oxygen atoms in total. The standard InChI is InChI=1S/C17H19N3O5/c21-10-13-12(22)9-16(25-13)20-7-6-14(19-17(20)24)18-15(23)8-11-4-2-1-3-5-11/h1-7,12-13,16,21-22H,8-10H2,(H,18,19,23,24)/t12-,13+,16+/m0/s1. The zero-order chi connectivity index (χ0) is 17.8. The van der Waals surface area contributed by atoms with Gasteiger partial charge in [-0.1, -0.05) is 30.3 Å². The van der Waals surface area contributed by atoms with Crippen molar-refractivity contribution in [2.24, 2.45) is 0 Å². The largest absolute Gasteiger partial charge is 0.394 e. The molecule has 8 heteroatoms. The number of hydrogen-bond acceptors (Lipinski definition) is 6. The number of rotatable bonds is 5. The minimum atomic E-state index is -0.841. The third-order valence-electron chi connectivity index (χ3n) is 4.00. The van der Waals surface area contributed by atoms with E-state index in [4.69, 9.17) is 9.84 Å². The molecule has 0 unspecified atom stereocenters. The van der Waals surface area contributed by atoms with E-state index in [-0.39, 0.29) is 31.2 Å². The van der Waals surface area contributed by atoms with Gasteiger partial charge in [-0.05, 0) is 11.6 Å². The summed E-state index contributed by atoms with van der Waals surface area (Å²) in [6.45, 7) is -0.326. The maximum atomic E-state index is 12.1. The lowest BCUT2D eigenvalue weighted by molar-refractivity contribution is -0.115. The van der Waals surface area contributed by atoms with Gasteiger partial charge >= 0.3 is 5.69 Å². The molecule has 2 aromatic rings. The Morgan fingerprint density at radius 1 is 1.32 bits per heavy atom. The van der Waals surface area contributed by atoms with E-state index in [0.29, 0.717) is 0 Å². The normalized spacial score (nSPS) is 22.7. The fraction of sp³-hybridized carbons (Fsp3) is 0.353. The van der Waals surface area contributed by atoms with Crippen LogP contribution in [0.1, 0.15) is 18.2 Å². The second-order valence-electron chi connectivity index (χ2n) is 5.83. The number of aliphatic hydroxyl groups is 2. The molecule has 1 saturated heterocycles. The van der Waals surface area contributed by atoms with E-state index in [2.05, 4.69) is 10.3 Å². The summed E-state index contributed by atoms with van der Waals surface area (Å²) in [5.41, 5.74) is 0.255. The highest BCUT2D eigenvalue weighted by molar-refractivity contribution is 5.91. The van der Waals surface area contributed by atoms with Crippen molar-refractivity contribution in [2.75, 3.05) is 11.9 Å². The summed E-state index contributed by atoms with van der Waals surface area (Å²) in [4.78, 5) is 28.0. The molecule has 0 spiro atoms. The van der Waals surface area contributed by atoms with Crippen LogP contribution in [-0.4, -0.2) is 44.5 Å². The number of aromatic nitrogens is 2. The minimum Gasteiger partial charge on any atom is -0.394 e. The number of ether oxygens (including phenoxy) is 1. The Morgan fingerprint density at radius 3 is 2.72 bits per heavy atom. The summed E-state index contributed by atoms with van der Waals surface area (Å²) < 4.78 is 6.65. The molecule has 3 rings (SSSR count). The average molecular weight is 345 g/mol. The summed E-state index contributed by atoms with van der Waals surface area (Å²) in [6, 6.07) is 10.7. The van der Waals surface area contributed by atoms with Gasteiger partial charge < -0.3 is 20.3 Å². The average Bonchev–Trinajstić information content (AvgIpc) is 2.96. The molecule has 2 heterocycles. The number of benzene rings is 1. The topological polar surface area (TPSA) is 114 Å². The molecule has 1 aromatic heterocycles. The number of aliphatic hydroxyl groups excluding tert-OH is 2. The van der Waals surface area contributed by atoms with Gasteiger partial charge in [0.25, 0.3) is 0 Å². The van der Waals surface area contributed by atoms with Crippen LogP contribution in [0.15, 0.2) is 47.4 Å². The van der Waals surface area contributed by atoms with Gasteiger partial charge in [0.2, 0.25) is 5.91 Å². The van der Waals surface area contributed by atoms with E-state index in [0.717, 1.165) is 5.56 Å². The van der Waals surface area contributed by atoms with Gasteiger partial charge in [-0.25, -0.2) is 4.79 Å². The minimum absolute atomic E-state index is 0.152. The molecule has 0 radical (unpaired) electrons. The first-order valence-electron chi connectivity index (χ1n) is 7.94. The number of carbonyl (C=O) groups excluding carboxylic acids is 1. The van der Waals surface area contributed by atoms with Crippen LogP contribution >= 0.6 is 0 Å². The molecule has 3 atom stereocenters. The molecule has 1 fully saturated rings. The molecule has 1 aliphatic heterocycles. The first kappa shape index (κ1) is 17.3. The molecule has 1 aliphatic rings. The van der Waals surface area contributed by atoms with Gasteiger partial charge in [0.1, 0.15) is 18.1 Å². The Hall–Kier alpha value is -2.55. The molecular formula is C17H19N3O5. The third-order valence-corrected chi connectivity index (χ3v) is 4.00. The number of anilines is 1. The highest BCUT2D eigenvalue weighted by Gasteiger charge is 2.34. The number of nitrogens with one attached hydrogen (secondary N) is 1. The monoisotopic (exact) mass is 345 g/mol. The van der Waals surface area contributed by atoms with Crippen molar-refractivity contribution < 1.29 is 19.7 Å². The molecule has 3 N–H and O–H groups in total. The maximum absolute atomic E-state index is 12.1. The molecule has 0 aliphatic carbocycles. The summed E-state index contributed by atoms with van der Waals surface area (Å²) in [5, 5.41) is 21.4. The molecule has 1 amide bonds. The van der Waals surface area contributed by atoms with Gasteiger partial charge in [0.05, 0.1) is 19.1 Å². The van der Waals surface area contributed by atoms with Crippen LogP contribution in [-0.2, 0) is 16.0 Å². The van der Waals surface area contributed by atoms with Crippen molar-refractivity contribution in [2.45, 2.75) is 31.3 Å². The Bertz CT molecular complexity index is 792. The van der Waals surface area contributed by atoms with E-state index in [1.807, 2.05) is 30.3 Å². The third kappa shape index (κ3) is 4.11. The van der Waals surface area contributed by atoms with Crippen LogP contribution in [0.2, 0.25) is 0 Å². The van der Waals surface area contributed by atoms with Gasteiger partial charge in [0, 0.05) is 12.6 Å². The van der Waals surface area contributed by atoms with Crippen LogP contribution in [0, 0.1) is 0 Å². The molecule has 0 bridgehead atoms. The van der Waals surface area contributed by atoms with Crippen LogP contribution in [0.4, 0.5) is 5.82 Å². The van der Waals surface area contributed by atoms with Crippen molar-refractivity contribution in [3.8, 4) is 0 Å². The lowest BCUT2D eigenvalue weighted by Crippen LogP contribution is -2.28. The Kier molecular flexibility index (Phi) is 5.22. The summed E-state index contributed by atoms with van der Waals surface area (Å²) >= 11 is 0. The predicted octanol–water partition coefficient (Wildman–Crippen LogP) is 0.0652. The summed E-state index contributed by atoms with van der Waals surface area (Å²) in [5.74, 6) is -0.122. The fourth-order valence-electron chi connectivity index (χ4n) is 2.72. The van der Waals surface area contributed by atoms with Crippen LogP contribution in [0.3, 0.4) is 0 Å². The predicted molar refractivity (Wildman–Crippen MR) is 88.9 cm³/mol. The molecule has 1 aromatic carbocycles. The second-order valence-corrected chi connectivity index (χ2v) is 5.83. The zero-order valence-electron chi connectivity index (χ0n) is 13.4. The molecule has 25 heavy (non-hydrogen) atoms. The smallest absolute Gasteiger partial charge is 0.351 e. The van der Waals surface area contributed by atoms with Crippen LogP contribution in [0.5, 0.6) is 0 Å². The maximum Gasteiger partial charge on any atom is 0.351 e. The number of hydrogen-bond donors (Lipinski definition) is 3. The lowest BCUT2D eigenvalue weighted by atomic mass is 10.1. The van der Waals surface area contributed by atoms with Crippen LogP contribution in [0.25, 0.3) is 0 Å². The number of amides is 1. The second kappa shape index (κ2) is 7.56. The van der Waals surface area contributed by atoms with E-state index < -0.39 is 24.1 Å². The number of carbonyl (C=O) groups is 1. The van der Waals surface area contributed by atoms with Crippen molar-refractivity contribution >= 4 is 11.7 Å².